The van der Waals surface area contributed by atoms with Crippen molar-refractivity contribution in [1.29, 1.82) is 0 Å². The summed E-state index contributed by atoms with van der Waals surface area (Å²) in [6, 6.07) is 0.310. The van der Waals surface area contributed by atoms with Gasteiger partial charge in [0, 0.05) is 30.6 Å². The first-order valence-corrected chi connectivity index (χ1v) is 5.29. The average molecular weight is 266 g/mol. The average Bonchev–Trinajstić information content (AvgIpc) is 2.45. The quantitative estimate of drug-likeness (QED) is 0.783. The highest BCUT2D eigenvalue weighted by Crippen LogP contribution is 2.23. The second kappa shape index (κ2) is 5.39. The van der Waals surface area contributed by atoms with Crippen LogP contribution in [0.2, 0.25) is 0 Å². The Bertz CT molecular complexity index is 341. The summed E-state index contributed by atoms with van der Waals surface area (Å²) in [6.45, 7) is 7.52. The highest BCUT2D eigenvalue weighted by atomic mass is 35.5. The van der Waals surface area contributed by atoms with Crippen LogP contribution in [0.3, 0.4) is 0 Å². The van der Waals surface area contributed by atoms with E-state index in [9.17, 15) is 0 Å². The zero-order valence-electron chi connectivity index (χ0n) is 10.1. The summed E-state index contributed by atoms with van der Waals surface area (Å²) in [5.74, 6) is 1.21. The van der Waals surface area contributed by atoms with Crippen LogP contribution in [0.4, 0.5) is 0 Å². The topological polar surface area (TPSA) is 43.8 Å². The van der Waals surface area contributed by atoms with Crippen molar-refractivity contribution in [3.05, 3.63) is 17.7 Å². The van der Waals surface area contributed by atoms with Crippen LogP contribution in [0.1, 0.15) is 38.7 Å². The first kappa shape index (κ1) is 15.8. The Morgan fingerprint density at radius 1 is 1.38 bits per heavy atom. The largest absolute Gasteiger partial charge is 0.333 e. The molecule has 3 nitrogen and oxygen atoms in total. The zero-order chi connectivity index (χ0) is 10.3. The lowest BCUT2D eigenvalue weighted by atomic mass is 9.93. The summed E-state index contributed by atoms with van der Waals surface area (Å²) >= 11 is 0. The molecule has 0 fully saturated rings. The van der Waals surface area contributed by atoms with Crippen LogP contribution < -0.4 is 5.73 Å². The van der Waals surface area contributed by atoms with Crippen LogP contribution in [0.25, 0.3) is 0 Å². The SMILES string of the molecule is CC(C)(C)c1cn2c(n1)CCC(N)C2.Cl.Cl. The fourth-order valence-corrected chi connectivity index (χ4v) is 1.83. The number of rotatable bonds is 0. The molecule has 1 atom stereocenters. The molecule has 0 amide bonds. The van der Waals surface area contributed by atoms with Gasteiger partial charge in [-0.1, -0.05) is 20.8 Å². The Balaban J connectivity index is 0.00000112. The van der Waals surface area contributed by atoms with Gasteiger partial charge in [0.05, 0.1) is 5.69 Å². The van der Waals surface area contributed by atoms with Crippen LogP contribution in [-0.2, 0) is 18.4 Å². The van der Waals surface area contributed by atoms with E-state index in [1.54, 1.807) is 0 Å². The molecule has 0 saturated carbocycles. The van der Waals surface area contributed by atoms with Crippen LogP contribution >= 0.6 is 24.8 Å². The molecule has 2 N–H and O–H groups in total. The minimum absolute atomic E-state index is 0. The molecule has 0 spiro atoms. The highest BCUT2D eigenvalue weighted by molar-refractivity contribution is 5.85. The second-order valence-electron chi connectivity index (χ2n) is 5.24. The van der Waals surface area contributed by atoms with E-state index in [0.29, 0.717) is 6.04 Å². The lowest BCUT2D eigenvalue weighted by Gasteiger charge is -2.19. The minimum Gasteiger partial charge on any atom is -0.333 e. The van der Waals surface area contributed by atoms with Gasteiger partial charge in [0.2, 0.25) is 0 Å². The number of aryl methyl sites for hydroxylation is 1. The van der Waals surface area contributed by atoms with Crippen molar-refractivity contribution in [3.8, 4) is 0 Å². The molecular weight excluding hydrogens is 245 g/mol. The van der Waals surface area contributed by atoms with Crippen LogP contribution in [0.5, 0.6) is 0 Å². The summed E-state index contributed by atoms with van der Waals surface area (Å²) in [5, 5.41) is 0. The molecular formula is C11H21Cl2N3. The molecule has 2 heterocycles. The lowest BCUT2D eigenvalue weighted by molar-refractivity contribution is 0.453. The number of hydrogen-bond donors (Lipinski definition) is 1. The van der Waals surface area contributed by atoms with Gasteiger partial charge in [0.1, 0.15) is 5.82 Å². The van der Waals surface area contributed by atoms with E-state index < -0.39 is 0 Å². The molecule has 0 bridgehead atoms. The first-order chi connectivity index (χ1) is 6.47. The molecule has 0 saturated heterocycles. The van der Waals surface area contributed by atoms with Crippen molar-refractivity contribution in [2.75, 3.05) is 0 Å². The Hall–Kier alpha value is -0.250. The van der Waals surface area contributed by atoms with E-state index in [2.05, 4.69) is 36.5 Å². The van der Waals surface area contributed by atoms with Gasteiger partial charge in [-0.3, -0.25) is 0 Å². The van der Waals surface area contributed by atoms with E-state index in [1.165, 1.54) is 11.5 Å². The molecule has 2 rings (SSSR count). The Morgan fingerprint density at radius 3 is 2.56 bits per heavy atom. The third kappa shape index (κ3) is 3.12. The van der Waals surface area contributed by atoms with Crippen LogP contribution in [0, 0.1) is 0 Å². The Labute approximate surface area is 110 Å². The molecule has 5 heteroatoms. The van der Waals surface area contributed by atoms with Crippen molar-refractivity contribution in [3.63, 3.8) is 0 Å². The predicted molar refractivity (Wildman–Crippen MR) is 71.7 cm³/mol. The smallest absolute Gasteiger partial charge is 0.109 e. The maximum absolute atomic E-state index is 5.92. The normalized spacial score (nSPS) is 19.4. The van der Waals surface area contributed by atoms with E-state index in [0.717, 1.165) is 19.4 Å². The zero-order valence-corrected chi connectivity index (χ0v) is 11.7. The summed E-state index contributed by atoms with van der Waals surface area (Å²) < 4.78 is 2.22. The fourth-order valence-electron chi connectivity index (χ4n) is 1.83. The van der Waals surface area contributed by atoms with E-state index >= 15 is 0 Å². The molecule has 0 radical (unpaired) electrons. The van der Waals surface area contributed by atoms with Gasteiger partial charge < -0.3 is 10.3 Å². The monoisotopic (exact) mass is 265 g/mol. The van der Waals surface area contributed by atoms with Gasteiger partial charge in [0.15, 0.2) is 0 Å². The number of halogens is 2. The number of nitrogens with two attached hydrogens (primary N) is 1. The van der Waals surface area contributed by atoms with Gasteiger partial charge in [-0.25, -0.2) is 4.98 Å². The molecule has 16 heavy (non-hydrogen) atoms. The second-order valence-corrected chi connectivity index (χ2v) is 5.24. The maximum Gasteiger partial charge on any atom is 0.109 e. The number of nitrogens with zero attached hydrogens (tertiary/aromatic N) is 2. The van der Waals surface area contributed by atoms with E-state index in [1.807, 2.05) is 0 Å². The molecule has 0 aromatic carbocycles. The number of hydrogen-bond acceptors (Lipinski definition) is 2. The van der Waals surface area contributed by atoms with E-state index in [-0.39, 0.29) is 30.2 Å². The van der Waals surface area contributed by atoms with Crippen molar-refractivity contribution < 1.29 is 0 Å². The fraction of sp³-hybridized carbons (Fsp3) is 0.727. The summed E-state index contributed by atoms with van der Waals surface area (Å²) in [5.41, 5.74) is 7.25. The number of fused-ring (bicyclic) bond motifs is 1. The molecule has 1 aliphatic rings. The Morgan fingerprint density at radius 2 is 2.00 bits per heavy atom. The number of imidazole rings is 1. The standard InChI is InChI=1S/C11H19N3.2ClH/c1-11(2,3)9-7-14-6-8(12)4-5-10(14)13-9;;/h7-8H,4-6,12H2,1-3H3;2*1H. The molecule has 0 aliphatic carbocycles. The minimum atomic E-state index is 0. The highest BCUT2D eigenvalue weighted by Gasteiger charge is 2.22. The van der Waals surface area contributed by atoms with Gasteiger partial charge in [-0.2, -0.15) is 0 Å². The molecule has 1 aromatic heterocycles. The van der Waals surface area contributed by atoms with Gasteiger partial charge in [0.25, 0.3) is 0 Å². The number of aromatic nitrogens is 2. The predicted octanol–water partition coefficient (Wildman–Crippen LogP) is 2.30. The van der Waals surface area contributed by atoms with Crippen molar-refractivity contribution >= 4 is 24.8 Å². The van der Waals surface area contributed by atoms with Gasteiger partial charge >= 0.3 is 0 Å². The first-order valence-electron chi connectivity index (χ1n) is 5.29. The molecule has 94 valence electrons. The van der Waals surface area contributed by atoms with Gasteiger partial charge in [-0.15, -0.1) is 24.8 Å². The van der Waals surface area contributed by atoms with Crippen LogP contribution in [-0.4, -0.2) is 15.6 Å². The molecule has 1 aliphatic heterocycles. The van der Waals surface area contributed by atoms with Crippen molar-refractivity contribution in [2.24, 2.45) is 5.73 Å². The van der Waals surface area contributed by atoms with Crippen molar-refractivity contribution in [1.82, 2.24) is 9.55 Å². The lowest BCUT2D eigenvalue weighted by Crippen LogP contribution is -2.31. The van der Waals surface area contributed by atoms with Crippen LogP contribution in [0.15, 0.2) is 6.20 Å². The maximum atomic E-state index is 5.92. The molecule has 1 unspecified atom stereocenters. The van der Waals surface area contributed by atoms with E-state index in [4.69, 9.17) is 5.73 Å². The third-order valence-electron chi connectivity index (χ3n) is 2.80. The van der Waals surface area contributed by atoms with Crippen molar-refractivity contribution in [2.45, 2.75) is 51.6 Å². The summed E-state index contributed by atoms with van der Waals surface area (Å²) in [4.78, 5) is 4.66. The Kier molecular flexibility index (Phi) is 5.30. The molecule has 1 aromatic rings. The third-order valence-corrected chi connectivity index (χ3v) is 2.80. The van der Waals surface area contributed by atoms with Gasteiger partial charge in [-0.05, 0) is 6.42 Å². The summed E-state index contributed by atoms with van der Waals surface area (Å²) in [7, 11) is 0. The summed E-state index contributed by atoms with van der Waals surface area (Å²) in [6.07, 6.45) is 4.26.